The first kappa shape index (κ1) is 29.8. The van der Waals surface area contributed by atoms with Gasteiger partial charge in [0, 0.05) is 44.2 Å². The van der Waals surface area contributed by atoms with Crippen LogP contribution in [-0.4, -0.2) is 78.8 Å². The number of benzene rings is 2. The molecule has 3 aromatic rings. The summed E-state index contributed by atoms with van der Waals surface area (Å²) in [5, 5.41) is 8.96. The number of anilines is 1. The summed E-state index contributed by atoms with van der Waals surface area (Å²) in [4.78, 5) is 32.5. The normalized spacial score (nSPS) is 14.4. The summed E-state index contributed by atoms with van der Waals surface area (Å²) in [5.74, 6) is 2.33. The number of rotatable bonds is 10. The van der Waals surface area contributed by atoms with E-state index in [1.54, 1.807) is 19.1 Å². The third-order valence-electron chi connectivity index (χ3n) is 7.47. The number of carbonyl (C=O) groups is 2. The predicted octanol–water partition coefficient (Wildman–Crippen LogP) is 4.84. The van der Waals surface area contributed by atoms with Gasteiger partial charge in [-0.3, -0.25) is 9.59 Å². The number of hydrogen-bond acceptors (Lipinski definition) is 7. The first-order chi connectivity index (χ1) is 19.8. The molecule has 1 aliphatic rings. The topological polar surface area (TPSA) is 88.1 Å². The van der Waals surface area contributed by atoms with E-state index in [0.717, 1.165) is 29.9 Å². The maximum Gasteiger partial charge on any atom is 0.242 e. The molecule has 0 bridgehead atoms. The number of carbonyl (C=O) groups excluding carboxylic acids is 2. The molecule has 0 spiro atoms. The Bertz CT molecular complexity index is 1300. The second-order valence-corrected chi connectivity index (χ2v) is 10.8. The fourth-order valence-corrected chi connectivity index (χ4v) is 5.11. The zero-order chi connectivity index (χ0) is 29.4. The Morgan fingerprint density at radius 2 is 1.68 bits per heavy atom. The van der Waals surface area contributed by atoms with E-state index in [9.17, 15) is 9.59 Å². The molecular formula is C32H41N5O4. The average Bonchev–Trinajstić information content (AvgIpc) is 3.26. The van der Waals surface area contributed by atoms with Gasteiger partial charge in [0.2, 0.25) is 11.8 Å². The van der Waals surface area contributed by atoms with Gasteiger partial charge in [0.25, 0.3) is 0 Å². The van der Waals surface area contributed by atoms with Crippen LogP contribution in [0.5, 0.6) is 11.5 Å². The van der Waals surface area contributed by atoms with Gasteiger partial charge in [-0.2, -0.15) is 0 Å². The van der Waals surface area contributed by atoms with Gasteiger partial charge in [0.05, 0.1) is 26.0 Å². The molecule has 2 aromatic carbocycles. The van der Waals surface area contributed by atoms with Crippen molar-refractivity contribution in [1.29, 1.82) is 0 Å². The minimum atomic E-state index is -0.187. The number of hydrogen-bond donors (Lipinski definition) is 0. The number of nitrogens with zero attached hydrogens (tertiary/aromatic N) is 5. The maximum atomic E-state index is 13.5. The van der Waals surface area contributed by atoms with Gasteiger partial charge in [-0.05, 0) is 49.1 Å². The lowest BCUT2D eigenvalue weighted by atomic mass is 10.0. The average molecular weight is 560 g/mol. The summed E-state index contributed by atoms with van der Waals surface area (Å²) < 4.78 is 10.8. The standard InChI is InChI=1S/C32H41N5O4/c1-23(2)20-31(38)37(24(3)25-10-7-6-8-11-25)22-32(39)36-17-9-16-35(18-19-36)30-15-14-28(33-34-30)27-13-12-26(40-4)21-29(27)41-5/h6-8,10-15,21,23-24H,9,16-20,22H2,1-5H3/t24-/m1/s1. The van der Waals surface area contributed by atoms with Crippen LogP contribution in [0.3, 0.4) is 0 Å². The van der Waals surface area contributed by atoms with Crippen LogP contribution in [0, 0.1) is 5.92 Å². The third-order valence-corrected chi connectivity index (χ3v) is 7.47. The summed E-state index contributed by atoms with van der Waals surface area (Å²) >= 11 is 0. The Kier molecular flexibility index (Phi) is 10.2. The minimum Gasteiger partial charge on any atom is -0.497 e. The molecule has 0 radical (unpaired) electrons. The van der Waals surface area contributed by atoms with E-state index in [-0.39, 0.29) is 30.3 Å². The van der Waals surface area contributed by atoms with E-state index in [1.165, 1.54) is 0 Å². The maximum absolute atomic E-state index is 13.5. The summed E-state index contributed by atoms with van der Waals surface area (Å²) in [6, 6.07) is 19.2. The van der Waals surface area contributed by atoms with Crippen molar-refractivity contribution in [3.8, 4) is 22.8 Å². The molecule has 1 saturated heterocycles. The molecule has 2 amide bonds. The summed E-state index contributed by atoms with van der Waals surface area (Å²) in [6.45, 7) is 8.71. The van der Waals surface area contributed by atoms with Crippen LogP contribution in [0.15, 0.2) is 60.7 Å². The van der Waals surface area contributed by atoms with Crippen LogP contribution in [0.25, 0.3) is 11.3 Å². The van der Waals surface area contributed by atoms with Crippen LogP contribution in [0.2, 0.25) is 0 Å². The molecule has 1 atom stereocenters. The second-order valence-electron chi connectivity index (χ2n) is 10.8. The van der Waals surface area contributed by atoms with Crippen molar-refractivity contribution < 1.29 is 19.1 Å². The van der Waals surface area contributed by atoms with E-state index < -0.39 is 0 Å². The lowest BCUT2D eigenvalue weighted by Gasteiger charge is -2.32. The van der Waals surface area contributed by atoms with E-state index in [0.29, 0.717) is 43.2 Å². The van der Waals surface area contributed by atoms with Crippen LogP contribution in [-0.2, 0) is 9.59 Å². The van der Waals surface area contributed by atoms with E-state index in [2.05, 4.69) is 15.1 Å². The van der Waals surface area contributed by atoms with E-state index in [1.807, 2.05) is 86.3 Å². The second kappa shape index (κ2) is 14.0. The number of aromatic nitrogens is 2. The Morgan fingerprint density at radius 1 is 0.902 bits per heavy atom. The molecule has 9 heteroatoms. The lowest BCUT2D eigenvalue weighted by Crippen LogP contribution is -2.45. The van der Waals surface area contributed by atoms with Gasteiger partial charge in [-0.25, -0.2) is 0 Å². The molecule has 1 aromatic heterocycles. The zero-order valence-corrected chi connectivity index (χ0v) is 24.7. The van der Waals surface area contributed by atoms with E-state index in [4.69, 9.17) is 9.47 Å². The first-order valence-corrected chi connectivity index (χ1v) is 14.2. The monoisotopic (exact) mass is 559 g/mol. The van der Waals surface area contributed by atoms with Gasteiger partial charge in [0.15, 0.2) is 5.82 Å². The van der Waals surface area contributed by atoms with Gasteiger partial charge in [-0.1, -0.05) is 44.2 Å². The SMILES string of the molecule is COc1ccc(-c2ccc(N3CCCN(C(=O)CN(C(=O)CC(C)C)[C@H](C)c4ccccc4)CC3)nn2)c(OC)c1. The molecule has 2 heterocycles. The quantitative estimate of drug-likeness (QED) is 0.351. The molecule has 0 N–H and O–H groups in total. The lowest BCUT2D eigenvalue weighted by molar-refractivity contribution is -0.142. The fraction of sp³-hybridized carbons (Fsp3) is 0.438. The highest BCUT2D eigenvalue weighted by Gasteiger charge is 2.28. The highest BCUT2D eigenvalue weighted by Crippen LogP contribution is 2.32. The molecule has 1 fully saturated rings. The third kappa shape index (κ3) is 7.54. The molecular weight excluding hydrogens is 518 g/mol. The van der Waals surface area contributed by atoms with E-state index >= 15 is 0 Å². The van der Waals surface area contributed by atoms with Crippen molar-refractivity contribution in [2.75, 3.05) is 51.8 Å². The highest BCUT2D eigenvalue weighted by atomic mass is 16.5. The molecule has 0 unspecified atom stereocenters. The Hall–Kier alpha value is -4.14. The minimum absolute atomic E-state index is 0.00464. The molecule has 41 heavy (non-hydrogen) atoms. The summed E-state index contributed by atoms with van der Waals surface area (Å²) in [5.41, 5.74) is 2.56. The zero-order valence-electron chi connectivity index (χ0n) is 24.7. The van der Waals surface area contributed by atoms with Crippen LogP contribution in [0.1, 0.15) is 45.2 Å². The molecule has 9 nitrogen and oxygen atoms in total. The Labute approximate surface area is 243 Å². The van der Waals surface area contributed by atoms with Crippen LogP contribution >= 0.6 is 0 Å². The fourth-order valence-electron chi connectivity index (χ4n) is 5.11. The molecule has 1 aliphatic heterocycles. The Morgan fingerprint density at radius 3 is 2.34 bits per heavy atom. The van der Waals surface area contributed by atoms with Crippen molar-refractivity contribution in [2.45, 2.75) is 39.7 Å². The first-order valence-electron chi connectivity index (χ1n) is 14.2. The van der Waals surface area contributed by atoms with Crippen LogP contribution < -0.4 is 14.4 Å². The highest BCUT2D eigenvalue weighted by molar-refractivity contribution is 5.85. The number of methoxy groups -OCH3 is 2. The van der Waals surface area contributed by atoms with Crippen LogP contribution in [0.4, 0.5) is 5.82 Å². The van der Waals surface area contributed by atoms with Gasteiger partial charge < -0.3 is 24.2 Å². The largest absolute Gasteiger partial charge is 0.497 e. The molecule has 4 rings (SSSR count). The Balaban J connectivity index is 1.42. The molecule has 0 aliphatic carbocycles. The summed E-state index contributed by atoms with van der Waals surface area (Å²) in [7, 11) is 3.23. The van der Waals surface area contributed by atoms with Gasteiger partial charge in [0.1, 0.15) is 18.0 Å². The summed E-state index contributed by atoms with van der Waals surface area (Å²) in [6.07, 6.45) is 1.21. The van der Waals surface area contributed by atoms with Crippen molar-refractivity contribution in [3.63, 3.8) is 0 Å². The number of amides is 2. The van der Waals surface area contributed by atoms with Crippen molar-refractivity contribution in [2.24, 2.45) is 5.92 Å². The number of ether oxygens (including phenoxy) is 2. The van der Waals surface area contributed by atoms with Crippen molar-refractivity contribution in [3.05, 3.63) is 66.2 Å². The van der Waals surface area contributed by atoms with Crippen molar-refractivity contribution >= 4 is 17.6 Å². The van der Waals surface area contributed by atoms with Crippen molar-refractivity contribution in [1.82, 2.24) is 20.0 Å². The van der Waals surface area contributed by atoms with Gasteiger partial charge >= 0.3 is 0 Å². The van der Waals surface area contributed by atoms with Gasteiger partial charge in [-0.15, -0.1) is 10.2 Å². The molecule has 218 valence electrons. The predicted molar refractivity (Wildman–Crippen MR) is 160 cm³/mol. The smallest absolute Gasteiger partial charge is 0.242 e. The molecule has 0 saturated carbocycles.